The maximum atomic E-state index is 11.6. The van der Waals surface area contributed by atoms with Gasteiger partial charge in [-0.15, -0.1) is 0 Å². The van der Waals surface area contributed by atoms with E-state index in [9.17, 15) is 4.79 Å². The van der Waals surface area contributed by atoms with Crippen LogP contribution in [0.4, 0.5) is 0 Å². The van der Waals surface area contributed by atoms with Crippen LogP contribution < -0.4 is 10.3 Å². The zero-order chi connectivity index (χ0) is 12.4. The van der Waals surface area contributed by atoms with Crippen LogP contribution >= 0.6 is 0 Å². The predicted octanol–water partition coefficient (Wildman–Crippen LogP) is 2.50. The number of benzene rings is 1. The van der Waals surface area contributed by atoms with Crippen LogP contribution in [0.2, 0.25) is 0 Å². The summed E-state index contributed by atoms with van der Waals surface area (Å²) in [5.74, 6) is 1.12. The zero-order valence-corrected chi connectivity index (χ0v) is 10.2. The molecule has 0 aliphatic heterocycles. The van der Waals surface area contributed by atoms with Gasteiger partial charge in [-0.25, -0.2) is 0 Å². The molecule has 0 spiro atoms. The van der Waals surface area contributed by atoms with E-state index in [0.29, 0.717) is 17.2 Å². The van der Waals surface area contributed by atoms with Crippen molar-refractivity contribution in [2.24, 2.45) is 0 Å². The lowest BCUT2D eigenvalue weighted by Gasteiger charge is -2.11. The average Bonchev–Trinajstić information content (AvgIpc) is 2.74. The number of nitrogens with one attached hydrogen (secondary N) is 2. The quantitative estimate of drug-likeness (QED) is 0.854. The maximum Gasteiger partial charge on any atom is 0.271 e. The van der Waals surface area contributed by atoms with Crippen molar-refractivity contribution in [2.75, 3.05) is 7.11 Å². The number of hydrogen-bond donors (Lipinski definition) is 2. The number of methoxy groups -OCH3 is 1. The van der Waals surface area contributed by atoms with E-state index in [-0.39, 0.29) is 5.56 Å². The van der Waals surface area contributed by atoms with Crippen molar-refractivity contribution < 1.29 is 4.74 Å². The molecular formula is C13H16N2O2. The van der Waals surface area contributed by atoms with Gasteiger partial charge in [0.05, 0.1) is 12.7 Å². The SMILES string of the molecule is COc1ccc(C(C)C)cc1-c1c[nH][nH]c1=O. The van der Waals surface area contributed by atoms with Crippen molar-refractivity contribution in [3.8, 4) is 16.9 Å². The van der Waals surface area contributed by atoms with Crippen LogP contribution in [-0.4, -0.2) is 17.3 Å². The number of hydrogen-bond acceptors (Lipinski definition) is 2. The Morgan fingerprint density at radius 3 is 2.53 bits per heavy atom. The van der Waals surface area contributed by atoms with E-state index in [1.54, 1.807) is 13.3 Å². The molecule has 4 nitrogen and oxygen atoms in total. The fraction of sp³-hybridized carbons (Fsp3) is 0.308. The topological polar surface area (TPSA) is 57.9 Å². The standard InChI is InChI=1S/C13H16N2O2/c1-8(2)9-4-5-12(17-3)10(6-9)11-7-14-15-13(11)16/h4-8H,1-3H3,(H2,14,15,16). The molecule has 90 valence electrons. The summed E-state index contributed by atoms with van der Waals surface area (Å²) in [5.41, 5.74) is 2.47. The molecule has 0 aliphatic carbocycles. The third-order valence-electron chi connectivity index (χ3n) is 2.83. The Labute approximate surface area is 99.6 Å². The van der Waals surface area contributed by atoms with E-state index in [1.165, 1.54) is 5.56 Å². The first-order valence-corrected chi connectivity index (χ1v) is 5.58. The van der Waals surface area contributed by atoms with Crippen molar-refractivity contribution in [1.29, 1.82) is 0 Å². The molecule has 0 radical (unpaired) electrons. The molecule has 0 saturated carbocycles. The number of aromatic amines is 2. The second-order valence-electron chi connectivity index (χ2n) is 4.27. The maximum absolute atomic E-state index is 11.6. The van der Waals surface area contributed by atoms with Crippen LogP contribution in [0.25, 0.3) is 11.1 Å². The van der Waals surface area contributed by atoms with Gasteiger partial charge in [0.2, 0.25) is 0 Å². The fourth-order valence-corrected chi connectivity index (χ4v) is 1.80. The molecule has 0 amide bonds. The smallest absolute Gasteiger partial charge is 0.271 e. The third kappa shape index (κ3) is 2.11. The van der Waals surface area contributed by atoms with Gasteiger partial charge in [-0.3, -0.25) is 9.89 Å². The lowest BCUT2D eigenvalue weighted by molar-refractivity contribution is 0.416. The van der Waals surface area contributed by atoms with Gasteiger partial charge in [0.15, 0.2) is 0 Å². The summed E-state index contributed by atoms with van der Waals surface area (Å²) in [6, 6.07) is 5.92. The van der Waals surface area contributed by atoms with E-state index in [0.717, 1.165) is 5.56 Å². The van der Waals surface area contributed by atoms with Gasteiger partial charge in [-0.1, -0.05) is 19.9 Å². The van der Waals surface area contributed by atoms with Crippen LogP contribution in [0, 0.1) is 0 Å². The highest BCUT2D eigenvalue weighted by molar-refractivity contribution is 5.70. The first-order chi connectivity index (χ1) is 8.13. The molecule has 2 rings (SSSR count). The molecule has 0 saturated heterocycles. The van der Waals surface area contributed by atoms with Crippen LogP contribution in [0.1, 0.15) is 25.3 Å². The lowest BCUT2D eigenvalue weighted by atomic mass is 9.98. The average molecular weight is 232 g/mol. The van der Waals surface area contributed by atoms with E-state index >= 15 is 0 Å². The summed E-state index contributed by atoms with van der Waals surface area (Å²) < 4.78 is 5.29. The number of rotatable bonds is 3. The Hall–Kier alpha value is -1.97. The van der Waals surface area contributed by atoms with Gasteiger partial charge < -0.3 is 9.84 Å². The molecular weight excluding hydrogens is 216 g/mol. The van der Waals surface area contributed by atoms with Gasteiger partial charge in [0, 0.05) is 11.8 Å². The van der Waals surface area contributed by atoms with Crippen LogP contribution in [0.15, 0.2) is 29.2 Å². The highest BCUT2D eigenvalue weighted by Gasteiger charge is 2.12. The summed E-state index contributed by atoms with van der Waals surface area (Å²) in [6.45, 7) is 4.24. The molecule has 0 fully saturated rings. The normalized spacial score (nSPS) is 10.8. The molecule has 1 heterocycles. The molecule has 2 aromatic rings. The highest BCUT2D eigenvalue weighted by atomic mass is 16.5. The van der Waals surface area contributed by atoms with Crippen molar-refractivity contribution in [1.82, 2.24) is 10.2 Å². The fourth-order valence-electron chi connectivity index (χ4n) is 1.80. The second kappa shape index (κ2) is 4.49. The van der Waals surface area contributed by atoms with E-state index in [4.69, 9.17) is 4.74 Å². The summed E-state index contributed by atoms with van der Waals surface area (Å²) in [6.07, 6.45) is 1.66. The third-order valence-corrected chi connectivity index (χ3v) is 2.83. The largest absolute Gasteiger partial charge is 0.496 e. The van der Waals surface area contributed by atoms with Crippen LogP contribution in [-0.2, 0) is 0 Å². The van der Waals surface area contributed by atoms with Crippen LogP contribution in [0.5, 0.6) is 5.75 Å². The molecule has 0 aliphatic rings. The van der Waals surface area contributed by atoms with E-state index in [2.05, 4.69) is 24.0 Å². The molecule has 2 N–H and O–H groups in total. The highest BCUT2D eigenvalue weighted by Crippen LogP contribution is 2.30. The minimum atomic E-state index is -0.135. The van der Waals surface area contributed by atoms with Gasteiger partial charge in [0.25, 0.3) is 5.56 Å². The van der Waals surface area contributed by atoms with Crippen molar-refractivity contribution in [3.63, 3.8) is 0 Å². The first kappa shape index (κ1) is 11.5. The second-order valence-corrected chi connectivity index (χ2v) is 4.27. The lowest BCUT2D eigenvalue weighted by Crippen LogP contribution is -2.03. The summed E-state index contributed by atoms with van der Waals surface area (Å²) in [7, 11) is 1.61. The van der Waals surface area contributed by atoms with Crippen molar-refractivity contribution in [2.45, 2.75) is 19.8 Å². The molecule has 0 unspecified atom stereocenters. The Morgan fingerprint density at radius 1 is 1.24 bits per heavy atom. The van der Waals surface area contributed by atoms with Crippen molar-refractivity contribution >= 4 is 0 Å². The first-order valence-electron chi connectivity index (χ1n) is 5.58. The van der Waals surface area contributed by atoms with Gasteiger partial charge >= 0.3 is 0 Å². The van der Waals surface area contributed by atoms with Gasteiger partial charge in [-0.05, 0) is 23.6 Å². The minimum absolute atomic E-state index is 0.135. The van der Waals surface area contributed by atoms with Crippen molar-refractivity contribution in [3.05, 3.63) is 40.3 Å². The molecule has 1 aromatic heterocycles. The molecule has 4 heteroatoms. The summed E-state index contributed by atoms with van der Waals surface area (Å²) >= 11 is 0. The summed E-state index contributed by atoms with van der Waals surface area (Å²) in [4.78, 5) is 11.6. The van der Waals surface area contributed by atoms with Crippen LogP contribution in [0.3, 0.4) is 0 Å². The zero-order valence-electron chi connectivity index (χ0n) is 10.2. The molecule has 17 heavy (non-hydrogen) atoms. The summed E-state index contributed by atoms with van der Waals surface area (Å²) in [5, 5.41) is 5.23. The molecule has 0 atom stereocenters. The van der Waals surface area contributed by atoms with E-state index in [1.807, 2.05) is 18.2 Å². The Balaban J connectivity index is 2.62. The predicted molar refractivity (Wildman–Crippen MR) is 67.5 cm³/mol. The van der Waals surface area contributed by atoms with Gasteiger partial charge in [0.1, 0.15) is 5.75 Å². The Bertz CT molecular complexity index is 567. The minimum Gasteiger partial charge on any atom is -0.496 e. The number of aromatic nitrogens is 2. The molecule has 0 bridgehead atoms. The van der Waals surface area contributed by atoms with E-state index < -0.39 is 0 Å². The molecule has 1 aromatic carbocycles. The van der Waals surface area contributed by atoms with Gasteiger partial charge in [-0.2, -0.15) is 0 Å². The number of ether oxygens (including phenoxy) is 1. The Morgan fingerprint density at radius 2 is 2.00 bits per heavy atom. The monoisotopic (exact) mass is 232 g/mol. The Kier molecular flexibility index (Phi) is 3.04. The number of H-pyrrole nitrogens is 2.